The van der Waals surface area contributed by atoms with Crippen LogP contribution in [0.25, 0.3) is 0 Å². The van der Waals surface area contributed by atoms with Crippen LogP contribution in [0.2, 0.25) is 0 Å². The zero-order chi connectivity index (χ0) is 21.3. The molecule has 0 aromatic heterocycles. The third kappa shape index (κ3) is 6.73. The van der Waals surface area contributed by atoms with Crippen molar-refractivity contribution in [1.29, 1.82) is 0 Å². The van der Waals surface area contributed by atoms with Gasteiger partial charge in [-0.2, -0.15) is 0 Å². The monoisotopic (exact) mass is 414 g/mol. The molecule has 1 saturated carbocycles. The highest BCUT2D eigenvalue weighted by molar-refractivity contribution is 6.02. The van der Waals surface area contributed by atoms with E-state index in [0.717, 1.165) is 51.0 Å². The van der Waals surface area contributed by atoms with Crippen LogP contribution in [0, 0.1) is 5.92 Å². The Morgan fingerprint density at radius 3 is 2.53 bits per heavy atom. The normalized spacial score (nSPS) is 17.0. The second-order valence-corrected chi connectivity index (χ2v) is 9.08. The summed E-state index contributed by atoms with van der Waals surface area (Å²) in [4.78, 5) is 29.8. The van der Waals surface area contributed by atoms with E-state index in [1.54, 1.807) is 0 Å². The number of carbonyl (C=O) groups excluding carboxylic acids is 2. The predicted octanol–water partition coefficient (Wildman–Crippen LogP) is 3.88. The van der Waals surface area contributed by atoms with Gasteiger partial charge in [-0.3, -0.25) is 9.59 Å². The van der Waals surface area contributed by atoms with Crippen LogP contribution in [0.1, 0.15) is 68.1 Å². The molecule has 2 fully saturated rings. The van der Waals surface area contributed by atoms with E-state index >= 15 is 0 Å². The second kappa shape index (κ2) is 11.3. The van der Waals surface area contributed by atoms with Crippen molar-refractivity contribution in [3.63, 3.8) is 0 Å². The molecule has 2 amide bonds. The Morgan fingerprint density at radius 1 is 1.10 bits per heavy atom. The van der Waals surface area contributed by atoms with E-state index in [-0.39, 0.29) is 11.8 Å². The Bertz CT molecular complexity index is 707. The van der Waals surface area contributed by atoms with Crippen LogP contribution >= 0.6 is 0 Å². The van der Waals surface area contributed by atoms with Gasteiger partial charge in [0, 0.05) is 37.4 Å². The SMILES string of the molecule is CN(C)CCCNC(=O)c1cc(NC(=O)CCC2CCCC2)ccc1N1CCCC1. The van der Waals surface area contributed by atoms with Crippen molar-refractivity contribution in [3.05, 3.63) is 23.8 Å². The average molecular weight is 415 g/mol. The highest BCUT2D eigenvalue weighted by atomic mass is 16.2. The molecule has 1 saturated heterocycles. The lowest BCUT2D eigenvalue weighted by atomic mass is 10.0. The maximum absolute atomic E-state index is 12.9. The number of carbonyl (C=O) groups is 2. The minimum absolute atomic E-state index is 0.0492. The van der Waals surface area contributed by atoms with Crippen molar-refractivity contribution in [2.75, 3.05) is 50.5 Å². The summed E-state index contributed by atoms with van der Waals surface area (Å²) in [5.41, 5.74) is 2.35. The first-order valence-electron chi connectivity index (χ1n) is 11.6. The minimum atomic E-state index is -0.0577. The number of nitrogens with one attached hydrogen (secondary N) is 2. The Labute approximate surface area is 181 Å². The van der Waals surface area contributed by atoms with Crippen molar-refractivity contribution < 1.29 is 9.59 Å². The van der Waals surface area contributed by atoms with E-state index < -0.39 is 0 Å². The standard InChI is InChI=1S/C24H38N4O2/c1-27(2)15-7-14-25-24(30)21-18-20(11-12-22(21)28-16-5-6-17-28)26-23(29)13-10-19-8-3-4-9-19/h11-12,18-19H,3-10,13-17H2,1-2H3,(H,25,30)(H,26,29). The van der Waals surface area contributed by atoms with Crippen LogP contribution in [-0.2, 0) is 4.79 Å². The van der Waals surface area contributed by atoms with E-state index in [4.69, 9.17) is 0 Å². The van der Waals surface area contributed by atoms with Crippen LogP contribution in [0.3, 0.4) is 0 Å². The molecule has 6 heteroatoms. The Balaban J connectivity index is 1.63. The fourth-order valence-corrected chi connectivity index (χ4v) is 4.58. The van der Waals surface area contributed by atoms with E-state index in [9.17, 15) is 9.59 Å². The minimum Gasteiger partial charge on any atom is -0.371 e. The molecule has 1 heterocycles. The lowest BCUT2D eigenvalue weighted by molar-refractivity contribution is -0.116. The molecule has 1 aliphatic carbocycles. The molecule has 0 bridgehead atoms. The summed E-state index contributed by atoms with van der Waals surface area (Å²) in [6.07, 6.45) is 9.88. The van der Waals surface area contributed by atoms with Gasteiger partial charge < -0.3 is 20.4 Å². The van der Waals surface area contributed by atoms with Gasteiger partial charge >= 0.3 is 0 Å². The largest absolute Gasteiger partial charge is 0.371 e. The molecule has 1 aromatic rings. The fourth-order valence-electron chi connectivity index (χ4n) is 4.58. The molecular formula is C24H38N4O2. The molecule has 3 rings (SSSR count). The van der Waals surface area contributed by atoms with Crippen molar-refractivity contribution in [2.24, 2.45) is 5.92 Å². The van der Waals surface area contributed by atoms with Gasteiger partial charge in [-0.05, 0) is 70.4 Å². The van der Waals surface area contributed by atoms with Gasteiger partial charge in [0.1, 0.15) is 0 Å². The van der Waals surface area contributed by atoms with E-state index in [2.05, 4.69) is 20.4 Å². The van der Waals surface area contributed by atoms with Gasteiger partial charge in [-0.15, -0.1) is 0 Å². The zero-order valence-corrected chi connectivity index (χ0v) is 18.7. The number of rotatable bonds is 10. The van der Waals surface area contributed by atoms with Crippen LogP contribution < -0.4 is 15.5 Å². The van der Waals surface area contributed by atoms with Crippen molar-refractivity contribution in [3.8, 4) is 0 Å². The van der Waals surface area contributed by atoms with Gasteiger partial charge in [-0.1, -0.05) is 25.7 Å². The molecule has 0 spiro atoms. The van der Waals surface area contributed by atoms with Crippen LogP contribution in [0.4, 0.5) is 11.4 Å². The topological polar surface area (TPSA) is 64.7 Å². The average Bonchev–Trinajstić information content (AvgIpc) is 3.43. The van der Waals surface area contributed by atoms with E-state index in [1.165, 1.54) is 25.7 Å². The Kier molecular flexibility index (Phi) is 8.55. The molecule has 2 aliphatic rings. The molecule has 1 aliphatic heterocycles. The van der Waals surface area contributed by atoms with Gasteiger partial charge in [-0.25, -0.2) is 0 Å². The molecule has 0 atom stereocenters. The highest BCUT2D eigenvalue weighted by Gasteiger charge is 2.21. The summed E-state index contributed by atoms with van der Waals surface area (Å²) in [6, 6.07) is 5.78. The summed E-state index contributed by atoms with van der Waals surface area (Å²) in [7, 11) is 4.07. The first-order valence-corrected chi connectivity index (χ1v) is 11.6. The lowest BCUT2D eigenvalue weighted by Crippen LogP contribution is -2.29. The maximum Gasteiger partial charge on any atom is 0.253 e. The number of nitrogens with zero attached hydrogens (tertiary/aromatic N) is 2. The Hall–Kier alpha value is -2.08. The van der Waals surface area contributed by atoms with Crippen molar-refractivity contribution >= 4 is 23.2 Å². The van der Waals surface area contributed by atoms with Crippen molar-refractivity contribution in [1.82, 2.24) is 10.2 Å². The van der Waals surface area contributed by atoms with Crippen molar-refractivity contribution in [2.45, 2.75) is 57.8 Å². The summed E-state index contributed by atoms with van der Waals surface area (Å²) in [6.45, 7) is 3.55. The van der Waals surface area contributed by atoms with Crippen LogP contribution in [0.5, 0.6) is 0 Å². The fraction of sp³-hybridized carbons (Fsp3) is 0.667. The molecule has 2 N–H and O–H groups in total. The molecule has 166 valence electrons. The Morgan fingerprint density at radius 2 is 1.83 bits per heavy atom. The smallest absolute Gasteiger partial charge is 0.253 e. The number of hydrogen-bond acceptors (Lipinski definition) is 4. The zero-order valence-electron chi connectivity index (χ0n) is 18.7. The molecule has 1 aromatic carbocycles. The summed E-state index contributed by atoms with van der Waals surface area (Å²) >= 11 is 0. The predicted molar refractivity (Wildman–Crippen MR) is 123 cm³/mol. The third-order valence-corrected chi connectivity index (χ3v) is 6.29. The summed E-state index contributed by atoms with van der Waals surface area (Å²) in [5.74, 6) is 0.697. The molecule has 0 radical (unpaired) electrons. The van der Waals surface area contributed by atoms with Crippen LogP contribution in [-0.4, -0.2) is 57.0 Å². The quantitative estimate of drug-likeness (QED) is 0.571. The van der Waals surface area contributed by atoms with E-state index in [0.29, 0.717) is 30.1 Å². The summed E-state index contributed by atoms with van der Waals surface area (Å²) < 4.78 is 0. The van der Waals surface area contributed by atoms with Gasteiger partial charge in [0.05, 0.1) is 5.56 Å². The second-order valence-electron chi connectivity index (χ2n) is 9.08. The van der Waals surface area contributed by atoms with Gasteiger partial charge in [0.15, 0.2) is 0 Å². The lowest BCUT2D eigenvalue weighted by Gasteiger charge is -2.22. The highest BCUT2D eigenvalue weighted by Crippen LogP contribution is 2.30. The van der Waals surface area contributed by atoms with Gasteiger partial charge in [0.2, 0.25) is 5.91 Å². The van der Waals surface area contributed by atoms with Gasteiger partial charge in [0.25, 0.3) is 5.91 Å². The summed E-state index contributed by atoms with van der Waals surface area (Å²) in [5, 5.41) is 6.07. The first-order chi connectivity index (χ1) is 14.5. The number of anilines is 2. The molecule has 6 nitrogen and oxygen atoms in total. The van der Waals surface area contributed by atoms with Crippen LogP contribution in [0.15, 0.2) is 18.2 Å². The first kappa shape index (κ1) is 22.6. The molecule has 30 heavy (non-hydrogen) atoms. The third-order valence-electron chi connectivity index (χ3n) is 6.29. The molecular weight excluding hydrogens is 376 g/mol. The molecule has 0 unspecified atom stereocenters. The number of amides is 2. The maximum atomic E-state index is 12.9. The van der Waals surface area contributed by atoms with E-state index in [1.807, 2.05) is 32.3 Å². The number of benzene rings is 1. The number of hydrogen-bond donors (Lipinski definition) is 2.